The molecular weight excluding hydrogens is 310 g/mol. The van der Waals surface area contributed by atoms with Crippen molar-refractivity contribution in [3.05, 3.63) is 59.8 Å². The van der Waals surface area contributed by atoms with E-state index >= 15 is 0 Å². The summed E-state index contributed by atoms with van der Waals surface area (Å²) >= 11 is 0. The summed E-state index contributed by atoms with van der Waals surface area (Å²) in [4.78, 5) is 21.0. The van der Waals surface area contributed by atoms with E-state index < -0.39 is 0 Å². The highest BCUT2D eigenvalue weighted by atomic mass is 16.2. The fraction of sp³-hybridized carbons (Fsp3) is 0.429. The normalized spacial score (nSPS) is 10.8. The first-order valence-corrected chi connectivity index (χ1v) is 9.05. The van der Waals surface area contributed by atoms with Gasteiger partial charge in [-0.15, -0.1) is 0 Å². The molecule has 0 radical (unpaired) electrons. The fourth-order valence-corrected chi connectivity index (χ4v) is 2.71. The lowest BCUT2D eigenvalue weighted by atomic mass is 10.1. The van der Waals surface area contributed by atoms with Gasteiger partial charge in [-0.2, -0.15) is 0 Å². The zero-order chi connectivity index (χ0) is 18.2. The van der Waals surface area contributed by atoms with Gasteiger partial charge in [-0.1, -0.05) is 43.7 Å². The van der Waals surface area contributed by atoms with Gasteiger partial charge in [-0.25, -0.2) is 4.98 Å². The van der Waals surface area contributed by atoms with Gasteiger partial charge in [0.2, 0.25) is 0 Å². The Morgan fingerprint density at radius 1 is 1.12 bits per heavy atom. The quantitative estimate of drug-likeness (QED) is 0.716. The molecule has 2 aromatic rings. The van der Waals surface area contributed by atoms with Crippen molar-refractivity contribution in [1.29, 1.82) is 0 Å². The number of hydrogen-bond donors (Lipinski definition) is 0. The lowest BCUT2D eigenvalue weighted by Gasteiger charge is -2.28. The van der Waals surface area contributed by atoms with E-state index in [9.17, 15) is 4.79 Å². The molecule has 4 heteroatoms. The second kappa shape index (κ2) is 9.21. The van der Waals surface area contributed by atoms with Crippen LogP contribution in [0, 0.1) is 0 Å². The molecule has 0 N–H and O–H groups in total. The molecule has 1 amide bonds. The number of nitrogens with zero attached hydrogens (tertiary/aromatic N) is 3. The number of benzene rings is 1. The smallest absolute Gasteiger partial charge is 0.255 e. The average molecular weight is 339 g/mol. The molecule has 0 atom stereocenters. The number of aromatic nitrogens is 1. The predicted octanol–water partition coefficient (Wildman–Crippen LogP) is 4.37. The van der Waals surface area contributed by atoms with Gasteiger partial charge in [0.15, 0.2) is 0 Å². The van der Waals surface area contributed by atoms with Crippen LogP contribution in [0.2, 0.25) is 0 Å². The summed E-state index contributed by atoms with van der Waals surface area (Å²) in [5.41, 5.74) is 1.89. The molecule has 0 bridgehead atoms. The number of anilines is 1. The molecule has 134 valence electrons. The molecule has 0 aliphatic rings. The van der Waals surface area contributed by atoms with Gasteiger partial charge in [0, 0.05) is 32.4 Å². The van der Waals surface area contributed by atoms with Crippen molar-refractivity contribution in [2.45, 2.75) is 46.2 Å². The molecule has 0 saturated heterocycles. The van der Waals surface area contributed by atoms with E-state index in [1.54, 1.807) is 11.1 Å². The van der Waals surface area contributed by atoms with E-state index in [-0.39, 0.29) is 5.91 Å². The minimum absolute atomic E-state index is 0.0339. The van der Waals surface area contributed by atoms with Gasteiger partial charge in [0.25, 0.3) is 5.91 Å². The van der Waals surface area contributed by atoms with Gasteiger partial charge in [0.1, 0.15) is 5.82 Å². The van der Waals surface area contributed by atoms with Crippen molar-refractivity contribution >= 4 is 11.7 Å². The Balaban J connectivity index is 2.11. The molecule has 4 nitrogen and oxygen atoms in total. The van der Waals surface area contributed by atoms with Crippen LogP contribution in [0.1, 0.15) is 49.5 Å². The summed E-state index contributed by atoms with van der Waals surface area (Å²) in [7, 11) is 1.85. The van der Waals surface area contributed by atoms with Crippen LogP contribution in [0.4, 0.5) is 5.82 Å². The molecule has 0 saturated carbocycles. The Bertz CT molecular complexity index is 653. The molecule has 0 aliphatic heterocycles. The van der Waals surface area contributed by atoms with E-state index in [1.165, 1.54) is 5.56 Å². The third-order valence-electron chi connectivity index (χ3n) is 4.30. The molecule has 25 heavy (non-hydrogen) atoms. The van der Waals surface area contributed by atoms with Crippen molar-refractivity contribution in [3.63, 3.8) is 0 Å². The first-order chi connectivity index (χ1) is 12.0. The third kappa shape index (κ3) is 5.31. The first kappa shape index (κ1) is 19.0. The topological polar surface area (TPSA) is 36.4 Å². The number of hydrogen-bond acceptors (Lipinski definition) is 3. The predicted molar refractivity (Wildman–Crippen MR) is 104 cm³/mol. The van der Waals surface area contributed by atoms with Crippen LogP contribution in [0.3, 0.4) is 0 Å². The lowest BCUT2D eigenvalue weighted by Crippen LogP contribution is -2.31. The molecule has 0 fully saturated rings. The lowest BCUT2D eigenvalue weighted by molar-refractivity contribution is 0.0793. The van der Waals surface area contributed by atoms with Crippen LogP contribution < -0.4 is 4.90 Å². The van der Waals surface area contributed by atoms with Crippen molar-refractivity contribution in [2.75, 3.05) is 18.5 Å². The Hall–Kier alpha value is -2.36. The second-order valence-corrected chi connectivity index (χ2v) is 6.69. The largest absolute Gasteiger partial charge is 0.350 e. The van der Waals surface area contributed by atoms with Crippen LogP contribution in [0.5, 0.6) is 0 Å². The highest BCUT2D eigenvalue weighted by Crippen LogP contribution is 2.18. The van der Waals surface area contributed by atoms with Gasteiger partial charge in [0.05, 0.1) is 5.56 Å². The number of carbonyl (C=O) groups excluding carboxylic acids is 1. The van der Waals surface area contributed by atoms with Gasteiger partial charge < -0.3 is 9.80 Å². The Kier molecular flexibility index (Phi) is 6.99. The van der Waals surface area contributed by atoms with Crippen molar-refractivity contribution in [2.24, 2.45) is 0 Å². The minimum atomic E-state index is 0.0339. The average Bonchev–Trinajstić information content (AvgIpc) is 2.64. The third-order valence-corrected chi connectivity index (χ3v) is 4.30. The highest BCUT2D eigenvalue weighted by Gasteiger charge is 2.15. The van der Waals surface area contributed by atoms with Gasteiger partial charge >= 0.3 is 0 Å². The molecule has 1 heterocycles. The zero-order valence-electron chi connectivity index (χ0n) is 15.8. The first-order valence-electron chi connectivity index (χ1n) is 9.05. The number of carbonyl (C=O) groups is 1. The number of pyridine rings is 1. The van der Waals surface area contributed by atoms with Crippen LogP contribution >= 0.6 is 0 Å². The number of unbranched alkanes of at least 4 members (excludes halogenated alkanes) is 1. The molecule has 0 unspecified atom stereocenters. The highest BCUT2D eigenvalue weighted by molar-refractivity contribution is 5.93. The van der Waals surface area contributed by atoms with E-state index in [2.05, 4.69) is 54.9 Å². The number of amides is 1. The Morgan fingerprint density at radius 2 is 1.84 bits per heavy atom. The monoisotopic (exact) mass is 339 g/mol. The molecule has 1 aromatic carbocycles. The van der Waals surface area contributed by atoms with Crippen LogP contribution in [-0.2, 0) is 6.54 Å². The Morgan fingerprint density at radius 3 is 2.40 bits per heavy atom. The second-order valence-electron chi connectivity index (χ2n) is 6.69. The van der Waals surface area contributed by atoms with Gasteiger partial charge in [-0.3, -0.25) is 4.79 Å². The zero-order valence-corrected chi connectivity index (χ0v) is 15.8. The van der Waals surface area contributed by atoms with Crippen LogP contribution in [0.15, 0.2) is 48.7 Å². The number of rotatable bonds is 8. The van der Waals surface area contributed by atoms with E-state index in [1.807, 2.05) is 25.2 Å². The molecule has 0 spiro atoms. The van der Waals surface area contributed by atoms with Crippen LogP contribution in [0.25, 0.3) is 0 Å². The molecule has 0 aliphatic carbocycles. The van der Waals surface area contributed by atoms with Crippen molar-refractivity contribution in [1.82, 2.24) is 9.88 Å². The standard InChI is InChI=1S/C21H29N3O/c1-5-6-14-23(4)21(25)19-12-13-20(22-15-19)24(17(2)3)16-18-10-8-7-9-11-18/h7-13,15,17H,5-6,14,16H2,1-4H3. The maximum Gasteiger partial charge on any atom is 0.255 e. The summed E-state index contributed by atoms with van der Waals surface area (Å²) in [6.07, 6.45) is 3.80. The van der Waals surface area contributed by atoms with E-state index in [4.69, 9.17) is 0 Å². The van der Waals surface area contributed by atoms with Crippen molar-refractivity contribution < 1.29 is 4.79 Å². The summed E-state index contributed by atoms with van der Waals surface area (Å²) in [6, 6.07) is 14.5. The maximum atomic E-state index is 12.4. The summed E-state index contributed by atoms with van der Waals surface area (Å²) in [5, 5.41) is 0. The maximum absolute atomic E-state index is 12.4. The fourth-order valence-electron chi connectivity index (χ4n) is 2.71. The van der Waals surface area contributed by atoms with E-state index in [0.717, 1.165) is 31.7 Å². The summed E-state index contributed by atoms with van der Waals surface area (Å²) in [6.45, 7) is 8.02. The van der Waals surface area contributed by atoms with Gasteiger partial charge in [-0.05, 0) is 38.0 Å². The minimum Gasteiger partial charge on any atom is -0.350 e. The molecular formula is C21H29N3O. The molecule has 2 rings (SSSR count). The van der Waals surface area contributed by atoms with Crippen molar-refractivity contribution in [3.8, 4) is 0 Å². The SMILES string of the molecule is CCCCN(C)C(=O)c1ccc(N(Cc2ccccc2)C(C)C)nc1. The van der Waals surface area contributed by atoms with E-state index in [0.29, 0.717) is 11.6 Å². The summed E-state index contributed by atoms with van der Waals surface area (Å²) in [5.74, 6) is 0.929. The molecule has 1 aromatic heterocycles. The Labute approximate surface area is 151 Å². The summed E-state index contributed by atoms with van der Waals surface area (Å²) < 4.78 is 0. The van der Waals surface area contributed by atoms with Crippen LogP contribution in [-0.4, -0.2) is 35.4 Å².